The van der Waals surface area contributed by atoms with Crippen molar-refractivity contribution in [3.05, 3.63) is 114 Å². The van der Waals surface area contributed by atoms with Crippen molar-refractivity contribution in [1.82, 2.24) is 0 Å². The van der Waals surface area contributed by atoms with Crippen LogP contribution in [0.15, 0.2) is 109 Å². The summed E-state index contributed by atoms with van der Waals surface area (Å²) >= 11 is 1.88. The van der Waals surface area contributed by atoms with Crippen molar-refractivity contribution in [3.63, 3.8) is 0 Å². The molecule has 36 heavy (non-hydrogen) atoms. The van der Waals surface area contributed by atoms with Crippen LogP contribution in [0.4, 0.5) is 5.69 Å². The topological polar surface area (TPSA) is 38.0 Å². The Morgan fingerprint density at radius 1 is 0.861 bits per heavy atom. The summed E-state index contributed by atoms with van der Waals surface area (Å²) in [5.41, 5.74) is 14.3. The van der Waals surface area contributed by atoms with Gasteiger partial charge in [-0.1, -0.05) is 96.6 Å². The van der Waals surface area contributed by atoms with Crippen LogP contribution in [0.1, 0.15) is 18.9 Å². The predicted molar refractivity (Wildman–Crippen MR) is 158 cm³/mol. The van der Waals surface area contributed by atoms with Crippen LogP contribution in [0.5, 0.6) is 0 Å². The maximum absolute atomic E-state index is 5.99. The summed E-state index contributed by atoms with van der Waals surface area (Å²) < 4.78 is 2.67. The van der Waals surface area contributed by atoms with Crippen LogP contribution >= 0.6 is 11.3 Å². The van der Waals surface area contributed by atoms with E-state index in [2.05, 4.69) is 122 Å². The largest absolute Gasteiger partial charge is 0.376 e. The third-order valence-corrected chi connectivity index (χ3v) is 8.32. The number of rotatable bonds is 5. The number of nitrogens with one attached hydrogen (secondary N) is 1. The van der Waals surface area contributed by atoms with Crippen LogP contribution in [0, 0.1) is 6.92 Å². The lowest BCUT2D eigenvalue weighted by Gasteiger charge is -2.32. The summed E-state index contributed by atoms with van der Waals surface area (Å²) in [5.74, 6) is 0. The summed E-state index contributed by atoms with van der Waals surface area (Å²) in [5, 5.41) is 6.57. The van der Waals surface area contributed by atoms with E-state index in [1.54, 1.807) is 0 Å². The van der Waals surface area contributed by atoms with E-state index in [-0.39, 0.29) is 5.54 Å². The van der Waals surface area contributed by atoms with E-state index in [1.807, 2.05) is 11.3 Å². The summed E-state index contributed by atoms with van der Waals surface area (Å²) in [7, 11) is 0. The molecule has 4 aromatic carbocycles. The molecule has 0 aliphatic heterocycles. The van der Waals surface area contributed by atoms with Crippen molar-refractivity contribution in [2.75, 3.05) is 11.9 Å². The summed E-state index contributed by atoms with van der Waals surface area (Å²) in [6.45, 7) is 4.95. The van der Waals surface area contributed by atoms with E-state index < -0.39 is 0 Å². The van der Waals surface area contributed by atoms with Gasteiger partial charge in [0.15, 0.2) is 0 Å². The molecule has 1 atom stereocenters. The normalized spacial score (nSPS) is 17.5. The molecule has 6 rings (SSSR count). The third-order valence-electron chi connectivity index (χ3n) is 7.10. The van der Waals surface area contributed by atoms with Gasteiger partial charge in [-0.25, -0.2) is 0 Å². The lowest BCUT2D eigenvalue weighted by molar-refractivity contribution is 0.634. The van der Waals surface area contributed by atoms with Crippen molar-refractivity contribution in [3.8, 4) is 22.3 Å². The monoisotopic (exact) mass is 486 g/mol. The van der Waals surface area contributed by atoms with E-state index in [4.69, 9.17) is 5.73 Å². The van der Waals surface area contributed by atoms with Gasteiger partial charge in [-0.3, -0.25) is 0 Å². The Balaban J connectivity index is 1.52. The van der Waals surface area contributed by atoms with E-state index in [9.17, 15) is 0 Å². The first kappa shape index (κ1) is 22.8. The van der Waals surface area contributed by atoms with E-state index in [0.29, 0.717) is 6.54 Å². The first-order valence-corrected chi connectivity index (χ1v) is 13.3. The second-order valence-corrected chi connectivity index (χ2v) is 11.0. The summed E-state index contributed by atoms with van der Waals surface area (Å²) in [6, 6.07) is 31.0. The molecule has 3 heteroatoms. The molecule has 1 aliphatic rings. The van der Waals surface area contributed by atoms with Gasteiger partial charge < -0.3 is 11.1 Å². The molecule has 1 unspecified atom stereocenters. The number of aryl methyl sites for hydroxylation is 1. The SMILES string of the molecule is Cc1cccc(-c2ccc(-c3cccc4c3sc3ccccc34)cc2NC2(C)C=C(CN)C=CC2)c1. The highest BCUT2D eigenvalue weighted by molar-refractivity contribution is 7.26. The Hall–Kier alpha value is -3.66. The zero-order valence-electron chi connectivity index (χ0n) is 20.7. The van der Waals surface area contributed by atoms with Crippen LogP contribution in [0.3, 0.4) is 0 Å². The molecule has 0 spiro atoms. The van der Waals surface area contributed by atoms with Crippen molar-refractivity contribution >= 4 is 37.2 Å². The Morgan fingerprint density at radius 2 is 1.67 bits per heavy atom. The molecular formula is C33H30N2S. The molecule has 0 fully saturated rings. The minimum absolute atomic E-state index is 0.204. The Morgan fingerprint density at radius 3 is 2.53 bits per heavy atom. The average molecular weight is 487 g/mol. The highest BCUT2D eigenvalue weighted by atomic mass is 32.1. The van der Waals surface area contributed by atoms with Gasteiger partial charge in [0.1, 0.15) is 0 Å². The number of anilines is 1. The molecule has 5 aromatic rings. The van der Waals surface area contributed by atoms with Gasteiger partial charge >= 0.3 is 0 Å². The van der Waals surface area contributed by atoms with Gasteiger partial charge in [0.05, 0.1) is 5.54 Å². The molecule has 1 heterocycles. The Labute approximate surface area is 216 Å². The second-order valence-electron chi connectivity index (χ2n) is 9.98. The van der Waals surface area contributed by atoms with Crippen LogP contribution in [-0.2, 0) is 0 Å². The number of thiophene rings is 1. The first-order chi connectivity index (χ1) is 17.5. The van der Waals surface area contributed by atoms with Gasteiger partial charge in [0.25, 0.3) is 0 Å². The number of hydrogen-bond donors (Lipinski definition) is 2. The van der Waals surface area contributed by atoms with Crippen molar-refractivity contribution in [1.29, 1.82) is 0 Å². The van der Waals surface area contributed by atoms with Crippen LogP contribution < -0.4 is 11.1 Å². The van der Waals surface area contributed by atoms with Crippen LogP contribution in [0.25, 0.3) is 42.4 Å². The molecule has 1 aromatic heterocycles. The smallest absolute Gasteiger partial charge is 0.0568 e. The number of nitrogens with two attached hydrogens (primary N) is 1. The number of hydrogen-bond acceptors (Lipinski definition) is 3. The van der Waals surface area contributed by atoms with E-state index in [0.717, 1.165) is 12.1 Å². The molecule has 0 amide bonds. The fourth-order valence-electron chi connectivity index (χ4n) is 5.35. The first-order valence-electron chi connectivity index (χ1n) is 12.5. The average Bonchev–Trinajstić information content (AvgIpc) is 3.27. The summed E-state index contributed by atoms with van der Waals surface area (Å²) in [6.07, 6.45) is 7.57. The van der Waals surface area contributed by atoms with Gasteiger partial charge in [-0.15, -0.1) is 11.3 Å². The third kappa shape index (κ3) is 4.15. The van der Waals surface area contributed by atoms with E-state index >= 15 is 0 Å². The molecular weight excluding hydrogens is 456 g/mol. The van der Waals surface area contributed by atoms with Crippen molar-refractivity contribution in [2.45, 2.75) is 25.8 Å². The van der Waals surface area contributed by atoms with Gasteiger partial charge in [-0.2, -0.15) is 0 Å². The highest BCUT2D eigenvalue weighted by Crippen LogP contribution is 2.42. The van der Waals surface area contributed by atoms with Crippen molar-refractivity contribution < 1.29 is 0 Å². The van der Waals surface area contributed by atoms with Gasteiger partial charge in [0.2, 0.25) is 0 Å². The lowest BCUT2D eigenvalue weighted by atomic mass is 9.88. The fraction of sp³-hybridized carbons (Fsp3) is 0.152. The molecule has 0 radical (unpaired) electrons. The van der Waals surface area contributed by atoms with Gasteiger partial charge in [0, 0.05) is 38.0 Å². The maximum atomic E-state index is 5.99. The van der Waals surface area contributed by atoms with Crippen molar-refractivity contribution in [2.24, 2.45) is 5.73 Å². The van der Waals surface area contributed by atoms with Crippen LogP contribution in [0.2, 0.25) is 0 Å². The molecule has 178 valence electrons. The zero-order chi connectivity index (χ0) is 24.7. The molecule has 2 nitrogen and oxygen atoms in total. The lowest BCUT2D eigenvalue weighted by Crippen LogP contribution is -2.34. The quantitative estimate of drug-likeness (QED) is 0.261. The fourth-order valence-corrected chi connectivity index (χ4v) is 6.59. The molecule has 0 saturated carbocycles. The van der Waals surface area contributed by atoms with Crippen LogP contribution in [-0.4, -0.2) is 12.1 Å². The minimum atomic E-state index is -0.204. The summed E-state index contributed by atoms with van der Waals surface area (Å²) in [4.78, 5) is 0. The zero-order valence-corrected chi connectivity index (χ0v) is 21.5. The maximum Gasteiger partial charge on any atom is 0.0568 e. The minimum Gasteiger partial charge on any atom is -0.376 e. The second kappa shape index (κ2) is 9.09. The molecule has 3 N–H and O–H groups in total. The Bertz CT molecular complexity index is 1660. The standard InChI is InChI=1S/C33H30N2S/c1-22-8-5-10-24(18-22)26-16-15-25(19-30(26)35-33(2)17-7-9-23(20-33)21-34)27-12-6-13-29-28-11-3-4-14-31(28)36-32(27)29/h3-16,18-20,35H,17,21,34H2,1-2H3. The predicted octanol–water partition coefficient (Wildman–Crippen LogP) is 8.71. The van der Waals surface area contributed by atoms with E-state index in [1.165, 1.54) is 53.6 Å². The number of fused-ring (bicyclic) bond motifs is 3. The molecule has 1 aliphatic carbocycles. The number of benzene rings is 4. The molecule has 0 bridgehead atoms. The Kier molecular flexibility index (Phi) is 5.75. The van der Waals surface area contributed by atoms with Gasteiger partial charge in [-0.05, 0) is 54.7 Å². The molecule has 0 saturated heterocycles. The highest BCUT2D eigenvalue weighted by Gasteiger charge is 2.24.